The molecule has 8 rings (SSSR count). The Hall–Kier alpha value is -6.68. The third-order valence-corrected chi connectivity index (χ3v) is 11.9. The maximum absolute atomic E-state index is 16.9. The summed E-state index contributed by atoms with van der Waals surface area (Å²) in [6.07, 6.45) is 0. The van der Waals surface area contributed by atoms with Crippen molar-refractivity contribution in [3.8, 4) is 11.3 Å². The Kier molecular flexibility index (Phi) is 9.65. The summed E-state index contributed by atoms with van der Waals surface area (Å²) in [5.74, 6) is 0. The van der Waals surface area contributed by atoms with E-state index < -0.39 is 7.44 Å². The van der Waals surface area contributed by atoms with Gasteiger partial charge < -0.3 is 4.90 Å². The molecule has 5 nitrogen and oxygen atoms in total. The minimum absolute atomic E-state index is 0.448. The van der Waals surface area contributed by atoms with E-state index in [1.807, 2.05) is 185 Å². The van der Waals surface area contributed by atoms with Gasteiger partial charge in [-0.1, -0.05) is 127 Å². The molecular formula is C47H37N4OP. The lowest BCUT2D eigenvalue weighted by Gasteiger charge is -2.41. The average molecular weight is 705 g/mol. The third-order valence-electron chi connectivity index (χ3n) is 9.01. The standard InChI is InChI=1S/C47H37N4OP/c52-53(50(41-26-11-3-12-27-41)42-28-13-4-14-29-42,51(43-30-15-5-16-31-43)44-32-17-6-18-33-44)47-36-20-35-46(48-47)38-21-19-34-45(37-38)49(39-22-7-1-8-23-39)40-24-9-2-10-25-40/h1-37H. The Morgan fingerprint density at radius 1 is 0.340 bits per heavy atom. The van der Waals surface area contributed by atoms with Crippen LogP contribution < -0.4 is 19.7 Å². The van der Waals surface area contributed by atoms with Crippen molar-refractivity contribution in [2.45, 2.75) is 0 Å². The molecule has 1 aromatic heterocycles. The molecule has 0 aliphatic carbocycles. The molecule has 0 radical (unpaired) electrons. The van der Waals surface area contributed by atoms with Gasteiger partial charge >= 0.3 is 7.44 Å². The van der Waals surface area contributed by atoms with E-state index in [1.165, 1.54) is 0 Å². The van der Waals surface area contributed by atoms with E-state index in [2.05, 4.69) is 53.4 Å². The highest BCUT2D eigenvalue weighted by Crippen LogP contribution is 2.62. The molecule has 0 amide bonds. The normalized spacial score (nSPS) is 11.1. The first-order valence-corrected chi connectivity index (χ1v) is 19.2. The summed E-state index contributed by atoms with van der Waals surface area (Å²) < 4.78 is 20.8. The summed E-state index contributed by atoms with van der Waals surface area (Å²) in [5, 5.41) is 0. The van der Waals surface area contributed by atoms with Gasteiger partial charge in [0.15, 0.2) is 0 Å². The number of nitrogens with zero attached hydrogens (tertiary/aromatic N) is 4. The van der Waals surface area contributed by atoms with Gasteiger partial charge in [0.1, 0.15) is 5.44 Å². The molecule has 0 fully saturated rings. The molecule has 0 unspecified atom stereocenters. The lowest BCUT2D eigenvalue weighted by Crippen LogP contribution is -2.34. The van der Waals surface area contributed by atoms with Crippen LogP contribution in [0.5, 0.6) is 0 Å². The van der Waals surface area contributed by atoms with E-state index in [4.69, 9.17) is 4.98 Å². The third kappa shape index (κ3) is 6.86. The number of hydrogen-bond donors (Lipinski definition) is 0. The maximum Gasteiger partial charge on any atom is 0.319 e. The number of anilines is 7. The maximum atomic E-state index is 16.9. The van der Waals surface area contributed by atoms with Crippen molar-refractivity contribution in [2.24, 2.45) is 0 Å². The van der Waals surface area contributed by atoms with Crippen LogP contribution in [0.3, 0.4) is 0 Å². The van der Waals surface area contributed by atoms with Gasteiger partial charge in [-0.2, -0.15) is 0 Å². The topological polar surface area (TPSA) is 39.7 Å². The molecule has 0 aliphatic rings. The molecule has 0 spiro atoms. The predicted octanol–water partition coefficient (Wildman–Crippen LogP) is 12.7. The molecule has 0 atom stereocenters. The van der Waals surface area contributed by atoms with Crippen molar-refractivity contribution < 1.29 is 4.57 Å². The van der Waals surface area contributed by atoms with E-state index in [9.17, 15) is 0 Å². The Balaban J connectivity index is 1.35. The zero-order valence-corrected chi connectivity index (χ0v) is 29.9. The van der Waals surface area contributed by atoms with Gasteiger partial charge in [-0.05, 0) is 97.1 Å². The summed E-state index contributed by atoms with van der Waals surface area (Å²) in [7, 11) is -3.91. The highest BCUT2D eigenvalue weighted by atomic mass is 31.2. The molecule has 0 N–H and O–H groups in total. The fraction of sp³-hybridized carbons (Fsp3) is 0. The van der Waals surface area contributed by atoms with Crippen LogP contribution in [0.1, 0.15) is 0 Å². The molecule has 6 heteroatoms. The second kappa shape index (κ2) is 15.3. The van der Waals surface area contributed by atoms with E-state index >= 15 is 4.57 Å². The Morgan fingerprint density at radius 3 is 1.08 bits per heavy atom. The highest BCUT2D eigenvalue weighted by molar-refractivity contribution is 7.75. The van der Waals surface area contributed by atoms with Crippen LogP contribution >= 0.6 is 7.44 Å². The van der Waals surface area contributed by atoms with Crippen molar-refractivity contribution in [3.63, 3.8) is 0 Å². The minimum Gasteiger partial charge on any atom is -0.310 e. The summed E-state index contributed by atoms with van der Waals surface area (Å²) in [4.78, 5) is 7.57. The van der Waals surface area contributed by atoms with Gasteiger partial charge in [-0.3, -0.25) is 13.9 Å². The zero-order valence-electron chi connectivity index (χ0n) is 29.0. The Bertz CT molecular complexity index is 2230. The molecule has 1 heterocycles. The molecule has 256 valence electrons. The second-order valence-corrected chi connectivity index (χ2v) is 14.8. The van der Waals surface area contributed by atoms with E-state index in [0.29, 0.717) is 11.1 Å². The van der Waals surface area contributed by atoms with Gasteiger partial charge in [0.25, 0.3) is 0 Å². The molecule has 0 bridgehead atoms. The first kappa shape index (κ1) is 33.5. The molecule has 7 aromatic carbocycles. The molecular weight excluding hydrogens is 668 g/mol. The van der Waals surface area contributed by atoms with Gasteiger partial charge in [-0.15, -0.1) is 0 Å². The molecule has 8 aromatic rings. The first-order chi connectivity index (χ1) is 26.2. The summed E-state index contributed by atoms with van der Waals surface area (Å²) in [5.41, 5.74) is 8.30. The lowest BCUT2D eigenvalue weighted by molar-refractivity contribution is 0.580. The van der Waals surface area contributed by atoms with Crippen molar-refractivity contribution in [1.82, 2.24) is 4.98 Å². The monoisotopic (exact) mass is 704 g/mol. The highest BCUT2D eigenvalue weighted by Gasteiger charge is 2.43. The lowest BCUT2D eigenvalue weighted by atomic mass is 10.1. The fourth-order valence-corrected chi connectivity index (χ4v) is 9.54. The molecule has 0 saturated heterocycles. The summed E-state index contributed by atoms with van der Waals surface area (Å²) in [6.45, 7) is 0. The predicted molar refractivity (Wildman–Crippen MR) is 222 cm³/mol. The Morgan fingerprint density at radius 2 is 0.679 bits per heavy atom. The Labute approximate surface area is 311 Å². The van der Waals surface area contributed by atoms with Gasteiger partial charge in [0, 0.05) is 45.4 Å². The number of para-hydroxylation sites is 6. The smallest absolute Gasteiger partial charge is 0.310 e. The van der Waals surface area contributed by atoms with Crippen LogP contribution in [0.25, 0.3) is 11.3 Å². The van der Waals surface area contributed by atoms with Crippen molar-refractivity contribution in [2.75, 3.05) is 14.2 Å². The summed E-state index contributed by atoms with van der Waals surface area (Å²) in [6, 6.07) is 74.7. The molecule has 0 saturated carbocycles. The number of rotatable bonds is 11. The molecule has 0 aliphatic heterocycles. The van der Waals surface area contributed by atoms with Gasteiger partial charge in [0.2, 0.25) is 0 Å². The van der Waals surface area contributed by atoms with E-state index in [0.717, 1.165) is 45.4 Å². The largest absolute Gasteiger partial charge is 0.319 e. The van der Waals surface area contributed by atoms with Gasteiger partial charge in [0.05, 0.1) is 5.69 Å². The number of aromatic nitrogens is 1. The number of benzene rings is 7. The van der Waals surface area contributed by atoms with Crippen LogP contribution in [-0.4, -0.2) is 4.98 Å². The number of hydrogen-bond acceptors (Lipinski definition) is 3. The van der Waals surface area contributed by atoms with Crippen LogP contribution in [-0.2, 0) is 4.57 Å². The first-order valence-electron chi connectivity index (χ1n) is 17.6. The van der Waals surface area contributed by atoms with E-state index in [1.54, 1.807) is 0 Å². The van der Waals surface area contributed by atoms with Crippen LogP contribution in [0, 0.1) is 0 Å². The summed E-state index contributed by atoms with van der Waals surface area (Å²) >= 11 is 0. The minimum atomic E-state index is -3.91. The molecule has 53 heavy (non-hydrogen) atoms. The van der Waals surface area contributed by atoms with Gasteiger partial charge in [-0.25, -0.2) is 4.98 Å². The SMILES string of the molecule is O=P(c1cccc(-c2cccc(N(c3ccccc3)c3ccccc3)c2)n1)(N(c1ccccc1)c1ccccc1)N(c1ccccc1)c1ccccc1. The van der Waals surface area contributed by atoms with E-state index in [-0.39, 0.29) is 0 Å². The van der Waals surface area contributed by atoms with Crippen LogP contribution in [0.4, 0.5) is 39.8 Å². The van der Waals surface area contributed by atoms with Crippen LogP contribution in [0.15, 0.2) is 224 Å². The quantitative estimate of drug-likeness (QED) is 0.125. The second-order valence-electron chi connectivity index (χ2n) is 12.4. The number of pyridine rings is 1. The van der Waals surface area contributed by atoms with Crippen molar-refractivity contribution in [1.29, 1.82) is 0 Å². The average Bonchev–Trinajstić information content (AvgIpc) is 3.24. The van der Waals surface area contributed by atoms with Crippen molar-refractivity contribution >= 4 is 52.7 Å². The zero-order chi connectivity index (χ0) is 35.9. The fourth-order valence-electron chi connectivity index (χ4n) is 6.65. The van der Waals surface area contributed by atoms with Crippen molar-refractivity contribution in [3.05, 3.63) is 224 Å². The van der Waals surface area contributed by atoms with Crippen LogP contribution in [0.2, 0.25) is 0 Å².